The van der Waals surface area contributed by atoms with E-state index in [1.54, 1.807) is 24.3 Å². The van der Waals surface area contributed by atoms with Crippen molar-refractivity contribution in [3.8, 4) is 17.6 Å². The fourth-order valence-corrected chi connectivity index (χ4v) is 2.34. The van der Waals surface area contributed by atoms with Gasteiger partial charge in [-0.2, -0.15) is 5.26 Å². The van der Waals surface area contributed by atoms with E-state index in [0.717, 1.165) is 6.07 Å². The summed E-state index contributed by atoms with van der Waals surface area (Å²) in [6.45, 7) is 0. The second-order valence-electron chi connectivity index (χ2n) is 5.26. The summed E-state index contributed by atoms with van der Waals surface area (Å²) in [5.74, 6) is 0.268. The molecule has 2 aromatic rings. The number of nitro groups is 1. The quantitative estimate of drug-likeness (QED) is 0.312. The maximum Gasteiger partial charge on any atom is 0.289 e. The van der Waals surface area contributed by atoms with Gasteiger partial charge in [0.05, 0.1) is 24.8 Å². The second kappa shape index (κ2) is 9.25. The first kappa shape index (κ1) is 20.5. The highest BCUT2D eigenvalue weighted by Crippen LogP contribution is 2.29. The number of halogens is 1. The summed E-state index contributed by atoms with van der Waals surface area (Å²) in [6.07, 6.45) is 1.19. The third kappa shape index (κ3) is 4.90. The summed E-state index contributed by atoms with van der Waals surface area (Å²) < 4.78 is 10.3. The first-order valence-electron chi connectivity index (χ1n) is 7.73. The molecule has 1 amide bonds. The number of benzene rings is 2. The predicted octanol–water partition coefficient (Wildman–Crippen LogP) is 3.72. The van der Waals surface area contributed by atoms with E-state index < -0.39 is 10.8 Å². The van der Waals surface area contributed by atoms with E-state index in [1.807, 2.05) is 0 Å². The third-order valence-electron chi connectivity index (χ3n) is 3.54. The van der Waals surface area contributed by atoms with Gasteiger partial charge < -0.3 is 20.1 Å². The van der Waals surface area contributed by atoms with Crippen molar-refractivity contribution in [2.24, 2.45) is 0 Å². The van der Waals surface area contributed by atoms with Crippen molar-refractivity contribution in [1.29, 1.82) is 5.26 Å². The van der Waals surface area contributed by atoms with Crippen molar-refractivity contribution in [2.45, 2.75) is 0 Å². The van der Waals surface area contributed by atoms with Crippen molar-refractivity contribution < 1.29 is 19.2 Å². The molecular formula is C18H15ClN4O5. The molecule has 2 aromatic carbocycles. The van der Waals surface area contributed by atoms with Crippen LogP contribution < -0.4 is 20.1 Å². The first-order chi connectivity index (χ1) is 13.4. The van der Waals surface area contributed by atoms with E-state index in [0.29, 0.717) is 17.2 Å². The Morgan fingerprint density at radius 3 is 2.61 bits per heavy atom. The topological polar surface area (TPSA) is 127 Å². The van der Waals surface area contributed by atoms with E-state index >= 15 is 0 Å². The van der Waals surface area contributed by atoms with Crippen LogP contribution in [-0.2, 0) is 4.79 Å². The van der Waals surface area contributed by atoms with Gasteiger partial charge in [0.15, 0.2) is 0 Å². The Kier molecular flexibility index (Phi) is 6.79. The number of nitrogens with one attached hydrogen (secondary N) is 2. The van der Waals surface area contributed by atoms with Gasteiger partial charge in [-0.05, 0) is 24.3 Å². The molecule has 0 heterocycles. The van der Waals surface area contributed by atoms with Crippen molar-refractivity contribution >= 4 is 34.6 Å². The fraction of sp³-hybridized carbons (Fsp3) is 0.111. The number of ether oxygens (including phenoxy) is 2. The van der Waals surface area contributed by atoms with Gasteiger partial charge in [0.1, 0.15) is 28.2 Å². The van der Waals surface area contributed by atoms with Gasteiger partial charge in [-0.1, -0.05) is 11.6 Å². The number of nitro benzene ring substituents is 1. The molecule has 0 aromatic heterocycles. The van der Waals surface area contributed by atoms with Gasteiger partial charge in [-0.25, -0.2) is 0 Å². The van der Waals surface area contributed by atoms with Crippen molar-refractivity contribution in [3.63, 3.8) is 0 Å². The van der Waals surface area contributed by atoms with E-state index in [9.17, 15) is 20.2 Å². The molecule has 28 heavy (non-hydrogen) atoms. The number of carbonyl (C=O) groups excluding carboxylic acids is 1. The number of rotatable bonds is 7. The third-order valence-corrected chi connectivity index (χ3v) is 3.86. The van der Waals surface area contributed by atoms with Crippen LogP contribution in [0.15, 0.2) is 48.2 Å². The Bertz CT molecular complexity index is 984. The lowest BCUT2D eigenvalue weighted by atomic mass is 10.2. The Hall–Kier alpha value is -3.77. The fourth-order valence-electron chi connectivity index (χ4n) is 2.15. The standard InChI is InChI=1S/C18H15ClN4O5/c1-27-13-4-6-17(28-2)15(8-13)21-10-11(9-20)18(24)22-12-3-5-14(19)16(7-12)23(25)26/h3-8,10,21H,1-2H3,(H,22,24)/b11-10-. The summed E-state index contributed by atoms with van der Waals surface area (Å²) >= 11 is 5.74. The lowest BCUT2D eigenvalue weighted by molar-refractivity contribution is -0.384. The van der Waals surface area contributed by atoms with Crippen LogP contribution in [0, 0.1) is 21.4 Å². The smallest absolute Gasteiger partial charge is 0.289 e. The number of anilines is 2. The largest absolute Gasteiger partial charge is 0.497 e. The summed E-state index contributed by atoms with van der Waals surface area (Å²) in [5, 5.41) is 25.4. The molecule has 0 aliphatic heterocycles. The number of amides is 1. The average molecular weight is 403 g/mol. The van der Waals surface area contributed by atoms with E-state index in [2.05, 4.69) is 10.6 Å². The van der Waals surface area contributed by atoms with Gasteiger partial charge >= 0.3 is 0 Å². The molecule has 0 fully saturated rings. The zero-order chi connectivity index (χ0) is 20.7. The molecule has 0 unspecified atom stereocenters. The van der Waals surface area contributed by atoms with E-state index in [4.69, 9.17) is 21.1 Å². The van der Waals surface area contributed by atoms with Crippen LogP contribution in [0.2, 0.25) is 5.02 Å². The molecule has 0 bridgehead atoms. The summed E-state index contributed by atoms with van der Waals surface area (Å²) in [7, 11) is 2.98. The zero-order valence-electron chi connectivity index (χ0n) is 14.9. The molecule has 0 aliphatic rings. The Morgan fingerprint density at radius 1 is 1.25 bits per heavy atom. The Morgan fingerprint density at radius 2 is 2.00 bits per heavy atom. The van der Waals surface area contributed by atoms with Gasteiger partial charge in [0.25, 0.3) is 11.6 Å². The molecule has 10 heteroatoms. The van der Waals surface area contributed by atoms with Crippen molar-refractivity contribution in [2.75, 3.05) is 24.9 Å². The lowest BCUT2D eigenvalue weighted by Gasteiger charge is -2.10. The second-order valence-corrected chi connectivity index (χ2v) is 5.66. The van der Waals surface area contributed by atoms with Crippen LogP contribution in [0.3, 0.4) is 0 Å². The average Bonchev–Trinajstić information content (AvgIpc) is 2.69. The number of methoxy groups -OCH3 is 2. The van der Waals surface area contributed by atoms with Crippen LogP contribution in [0.1, 0.15) is 0 Å². The number of nitriles is 1. The summed E-state index contributed by atoms with van der Waals surface area (Å²) in [6, 6.07) is 10.5. The van der Waals surface area contributed by atoms with Crippen LogP contribution in [0.25, 0.3) is 0 Å². The van der Waals surface area contributed by atoms with Crippen LogP contribution in [0.5, 0.6) is 11.5 Å². The van der Waals surface area contributed by atoms with E-state index in [-0.39, 0.29) is 22.0 Å². The van der Waals surface area contributed by atoms with E-state index in [1.165, 1.54) is 32.6 Å². The molecule has 2 rings (SSSR count). The molecule has 9 nitrogen and oxygen atoms in total. The SMILES string of the molecule is COc1ccc(OC)c(N/C=C(/C#N)C(=O)Nc2ccc(Cl)c([N+](=O)[O-])c2)c1. The Balaban J connectivity index is 2.21. The summed E-state index contributed by atoms with van der Waals surface area (Å²) in [4.78, 5) is 22.6. The maximum absolute atomic E-state index is 12.3. The zero-order valence-corrected chi connectivity index (χ0v) is 15.6. The van der Waals surface area contributed by atoms with Gasteiger partial charge in [0.2, 0.25) is 0 Å². The number of carbonyl (C=O) groups is 1. The summed E-state index contributed by atoms with van der Waals surface area (Å²) in [5.41, 5.74) is -0.0191. The first-order valence-corrected chi connectivity index (χ1v) is 8.11. The normalized spacial score (nSPS) is 10.6. The minimum absolute atomic E-state index is 0.0640. The van der Waals surface area contributed by atoms with Crippen LogP contribution in [0.4, 0.5) is 17.1 Å². The Labute approximate surface area is 165 Å². The number of nitrogens with zero attached hydrogens (tertiary/aromatic N) is 2. The van der Waals surface area contributed by atoms with Gasteiger partial charge in [0, 0.05) is 24.0 Å². The minimum atomic E-state index is -0.756. The van der Waals surface area contributed by atoms with Gasteiger partial charge in [-0.15, -0.1) is 0 Å². The molecule has 144 valence electrons. The molecule has 0 saturated carbocycles. The molecule has 0 aliphatic carbocycles. The highest BCUT2D eigenvalue weighted by atomic mass is 35.5. The molecule has 2 N–H and O–H groups in total. The highest BCUT2D eigenvalue weighted by molar-refractivity contribution is 6.32. The van der Waals surface area contributed by atoms with Gasteiger partial charge in [-0.3, -0.25) is 14.9 Å². The highest BCUT2D eigenvalue weighted by Gasteiger charge is 2.16. The lowest BCUT2D eigenvalue weighted by Crippen LogP contribution is -2.14. The molecular weight excluding hydrogens is 388 g/mol. The molecule has 0 radical (unpaired) electrons. The monoisotopic (exact) mass is 402 g/mol. The predicted molar refractivity (Wildman–Crippen MR) is 104 cm³/mol. The number of hydrogen-bond acceptors (Lipinski definition) is 7. The molecule has 0 spiro atoms. The maximum atomic E-state index is 12.3. The number of hydrogen-bond donors (Lipinski definition) is 2. The minimum Gasteiger partial charge on any atom is -0.497 e. The molecule has 0 saturated heterocycles. The van der Waals surface area contributed by atoms with Crippen molar-refractivity contribution in [1.82, 2.24) is 0 Å². The molecule has 0 atom stereocenters. The van der Waals surface area contributed by atoms with Crippen LogP contribution in [-0.4, -0.2) is 25.1 Å². The van der Waals surface area contributed by atoms with Crippen molar-refractivity contribution in [3.05, 3.63) is 63.3 Å². The van der Waals surface area contributed by atoms with Crippen LogP contribution >= 0.6 is 11.6 Å².